The molecule has 2 aromatic heterocycles. The van der Waals surface area contributed by atoms with Crippen LogP contribution < -0.4 is 4.31 Å². The van der Waals surface area contributed by atoms with Crippen LogP contribution in [-0.4, -0.2) is 19.2 Å². The third kappa shape index (κ3) is 4.48. The zero-order valence-electron chi connectivity index (χ0n) is 19.9. The summed E-state index contributed by atoms with van der Waals surface area (Å²) in [6.45, 7) is 3.05. The highest BCUT2D eigenvalue weighted by molar-refractivity contribution is 7.92. The van der Waals surface area contributed by atoms with E-state index in [9.17, 15) is 26.0 Å². The van der Waals surface area contributed by atoms with Crippen LogP contribution in [-0.2, 0) is 22.7 Å². The minimum absolute atomic E-state index is 0.0301. The smallest absolute Gasteiger partial charge is 0.354 e. The van der Waals surface area contributed by atoms with Gasteiger partial charge in [0.25, 0.3) is 0 Å². The van der Waals surface area contributed by atoms with Crippen molar-refractivity contribution >= 4 is 47.4 Å². The molecular formula is C27H22F4N2O2S2. The third-order valence-corrected chi connectivity index (χ3v) is 9.40. The topological polar surface area (TPSA) is 53.2 Å². The van der Waals surface area contributed by atoms with Gasteiger partial charge in [-0.25, -0.2) is 12.8 Å². The summed E-state index contributed by atoms with van der Waals surface area (Å²) in [5, 5.41) is 2.19. The number of halogens is 4. The van der Waals surface area contributed by atoms with E-state index < -0.39 is 27.6 Å². The Kier molecular flexibility index (Phi) is 6.27. The predicted octanol–water partition coefficient (Wildman–Crippen LogP) is 7.87. The van der Waals surface area contributed by atoms with Gasteiger partial charge < -0.3 is 4.98 Å². The molecule has 0 bridgehead atoms. The summed E-state index contributed by atoms with van der Waals surface area (Å²) in [7, 11) is -3.94. The van der Waals surface area contributed by atoms with Crippen LogP contribution >= 0.6 is 11.3 Å². The molecule has 0 aliphatic carbocycles. The first-order chi connectivity index (χ1) is 17.5. The van der Waals surface area contributed by atoms with E-state index in [1.807, 2.05) is 55.5 Å². The van der Waals surface area contributed by atoms with Crippen LogP contribution in [0.2, 0.25) is 0 Å². The predicted molar refractivity (Wildman–Crippen MR) is 141 cm³/mol. The van der Waals surface area contributed by atoms with Gasteiger partial charge in [0.2, 0.25) is 10.0 Å². The molecule has 0 saturated carbocycles. The summed E-state index contributed by atoms with van der Waals surface area (Å²) in [6.07, 6.45) is -4.90. The number of para-hydroxylation sites is 1. The number of nitrogens with one attached hydrogen (secondary N) is 1. The summed E-state index contributed by atoms with van der Waals surface area (Å²) in [5.74, 6) is -1.67. The van der Waals surface area contributed by atoms with E-state index in [0.717, 1.165) is 42.6 Å². The van der Waals surface area contributed by atoms with Crippen LogP contribution in [0.15, 0.2) is 66.7 Å². The van der Waals surface area contributed by atoms with Gasteiger partial charge in [0.1, 0.15) is 10.8 Å². The summed E-state index contributed by atoms with van der Waals surface area (Å²) in [6, 6.07) is 17.8. The fourth-order valence-corrected chi connectivity index (χ4v) is 7.06. The minimum atomic E-state index is -4.90. The Morgan fingerprint density at radius 1 is 0.973 bits per heavy atom. The summed E-state index contributed by atoms with van der Waals surface area (Å²) >= 11 is 1.25. The van der Waals surface area contributed by atoms with Crippen molar-refractivity contribution in [2.45, 2.75) is 26.6 Å². The van der Waals surface area contributed by atoms with Gasteiger partial charge in [-0.05, 0) is 49.2 Å². The van der Waals surface area contributed by atoms with Crippen molar-refractivity contribution in [3.05, 3.63) is 89.2 Å². The van der Waals surface area contributed by atoms with Crippen LogP contribution in [0.5, 0.6) is 0 Å². The average Bonchev–Trinajstić information content (AvgIpc) is 3.40. The van der Waals surface area contributed by atoms with Crippen LogP contribution in [0.4, 0.5) is 22.6 Å². The zero-order chi connectivity index (χ0) is 26.5. The molecule has 0 aliphatic heterocycles. The Balaban J connectivity index is 1.75. The molecule has 37 heavy (non-hydrogen) atoms. The molecule has 5 rings (SSSR count). The number of thiophene rings is 1. The average molecular weight is 547 g/mol. The molecule has 5 aromatic rings. The van der Waals surface area contributed by atoms with Crippen molar-refractivity contribution in [1.82, 2.24) is 4.98 Å². The molecule has 0 amide bonds. The highest BCUT2D eigenvalue weighted by Crippen LogP contribution is 2.48. The minimum Gasteiger partial charge on any atom is -0.354 e. The van der Waals surface area contributed by atoms with Gasteiger partial charge in [-0.15, -0.1) is 11.3 Å². The first-order valence-electron chi connectivity index (χ1n) is 11.5. The van der Waals surface area contributed by atoms with Gasteiger partial charge in [0, 0.05) is 26.6 Å². The van der Waals surface area contributed by atoms with Gasteiger partial charge in [-0.1, -0.05) is 42.5 Å². The Hall–Kier alpha value is -3.37. The standard InChI is InChI=1S/C27H22F4N2O2S2/c1-3-37(34,35)33(15-17-12-13-21(28)20(14-17)27(29,30)31)26-24(19-9-5-7-11-23(19)36-26)25-16(2)18-8-4-6-10-22(18)32-25/h4-14,32H,3,15H2,1-2H3. The second-order valence-corrected chi connectivity index (χ2v) is 11.9. The molecule has 192 valence electrons. The van der Waals surface area contributed by atoms with Crippen molar-refractivity contribution in [2.75, 3.05) is 10.1 Å². The lowest BCUT2D eigenvalue weighted by Gasteiger charge is -2.24. The number of hydrogen-bond acceptors (Lipinski definition) is 3. The number of rotatable bonds is 6. The number of nitrogens with zero attached hydrogens (tertiary/aromatic N) is 1. The first kappa shape index (κ1) is 25.3. The van der Waals surface area contributed by atoms with E-state index in [0.29, 0.717) is 16.6 Å². The summed E-state index contributed by atoms with van der Waals surface area (Å²) in [4.78, 5) is 3.41. The Morgan fingerprint density at radius 3 is 2.32 bits per heavy atom. The molecular weight excluding hydrogens is 524 g/mol. The van der Waals surface area contributed by atoms with Crippen molar-refractivity contribution in [3.8, 4) is 11.3 Å². The number of aryl methyl sites for hydroxylation is 1. The summed E-state index contributed by atoms with van der Waals surface area (Å²) < 4.78 is 82.9. The molecule has 10 heteroatoms. The largest absolute Gasteiger partial charge is 0.419 e. The molecule has 1 N–H and O–H groups in total. The van der Waals surface area contributed by atoms with E-state index in [-0.39, 0.29) is 17.9 Å². The number of anilines is 1. The Labute approximate surface area is 215 Å². The summed E-state index contributed by atoms with van der Waals surface area (Å²) in [5.41, 5.74) is 1.80. The molecule has 0 aliphatic rings. The van der Waals surface area contributed by atoms with E-state index in [1.54, 1.807) is 0 Å². The number of H-pyrrole nitrogens is 1. The number of sulfonamides is 1. The molecule has 0 radical (unpaired) electrons. The van der Waals surface area contributed by atoms with Gasteiger partial charge >= 0.3 is 6.18 Å². The highest BCUT2D eigenvalue weighted by atomic mass is 32.2. The number of aromatic amines is 1. The van der Waals surface area contributed by atoms with E-state index in [2.05, 4.69) is 4.98 Å². The SMILES string of the molecule is CCS(=O)(=O)N(Cc1ccc(F)c(C(F)(F)F)c1)c1sc2ccccc2c1-c1[nH]c2ccccc2c1C. The van der Waals surface area contributed by atoms with E-state index >= 15 is 0 Å². The number of benzene rings is 3. The van der Waals surface area contributed by atoms with Gasteiger partial charge in [0.15, 0.2) is 0 Å². The number of hydrogen-bond donors (Lipinski definition) is 1. The molecule has 2 heterocycles. The molecule has 0 saturated heterocycles. The Bertz CT molecular complexity index is 1740. The lowest BCUT2D eigenvalue weighted by atomic mass is 10.0. The second-order valence-electron chi connectivity index (χ2n) is 8.67. The lowest BCUT2D eigenvalue weighted by Crippen LogP contribution is -2.31. The second kappa shape index (κ2) is 9.18. The normalized spacial score (nSPS) is 12.5. The highest BCUT2D eigenvalue weighted by Gasteiger charge is 2.35. The van der Waals surface area contributed by atoms with Gasteiger partial charge in [-0.2, -0.15) is 13.2 Å². The molecule has 0 spiro atoms. The van der Waals surface area contributed by atoms with Crippen LogP contribution in [0.25, 0.3) is 32.2 Å². The maximum atomic E-state index is 13.9. The third-order valence-electron chi connectivity index (χ3n) is 6.38. The first-order valence-corrected chi connectivity index (χ1v) is 13.9. The molecule has 4 nitrogen and oxygen atoms in total. The van der Waals surface area contributed by atoms with Crippen molar-refractivity contribution in [1.29, 1.82) is 0 Å². The lowest BCUT2D eigenvalue weighted by molar-refractivity contribution is -0.140. The van der Waals surface area contributed by atoms with Crippen LogP contribution in [0.3, 0.4) is 0 Å². The maximum Gasteiger partial charge on any atom is 0.419 e. The fraction of sp³-hybridized carbons (Fsp3) is 0.185. The van der Waals surface area contributed by atoms with Crippen LogP contribution in [0, 0.1) is 12.7 Å². The maximum absolute atomic E-state index is 13.9. The Morgan fingerprint density at radius 2 is 1.65 bits per heavy atom. The monoisotopic (exact) mass is 546 g/mol. The molecule has 0 fully saturated rings. The fourth-order valence-electron chi connectivity index (χ4n) is 4.49. The van der Waals surface area contributed by atoms with E-state index in [1.165, 1.54) is 24.3 Å². The zero-order valence-corrected chi connectivity index (χ0v) is 21.5. The molecule has 0 unspecified atom stereocenters. The van der Waals surface area contributed by atoms with E-state index in [4.69, 9.17) is 0 Å². The quantitative estimate of drug-likeness (QED) is 0.220. The number of fused-ring (bicyclic) bond motifs is 2. The van der Waals surface area contributed by atoms with Crippen molar-refractivity contribution in [3.63, 3.8) is 0 Å². The molecule has 3 aromatic carbocycles. The number of aromatic nitrogens is 1. The van der Waals surface area contributed by atoms with Crippen molar-refractivity contribution in [2.24, 2.45) is 0 Å². The number of alkyl halides is 3. The van der Waals surface area contributed by atoms with Crippen LogP contribution in [0.1, 0.15) is 23.6 Å². The van der Waals surface area contributed by atoms with Gasteiger partial charge in [-0.3, -0.25) is 4.31 Å². The molecule has 0 atom stereocenters. The van der Waals surface area contributed by atoms with Gasteiger partial charge in [0.05, 0.1) is 23.6 Å². The van der Waals surface area contributed by atoms with Crippen molar-refractivity contribution < 1.29 is 26.0 Å².